The molecule has 0 radical (unpaired) electrons. The van der Waals surface area contributed by atoms with Gasteiger partial charge in [-0.2, -0.15) is 0 Å². The quantitative estimate of drug-likeness (QED) is 0.376. The Kier molecular flexibility index (Phi) is 6.82. The van der Waals surface area contributed by atoms with E-state index in [1.807, 2.05) is 12.1 Å². The van der Waals surface area contributed by atoms with Crippen molar-refractivity contribution in [2.45, 2.75) is 31.4 Å². The van der Waals surface area contributed by atoms with Crippen LogP contribution in [0.1, 0.15) is 19.3 Å². The first kappa shape index (κ1) is 25.5. The molecule has 6 rings (SSSR count). The molecule has 0 aliphatic carbocycles. The molecule has 204 valence electrons. The number of piperidine rings is 1. The first-order valence-electron chi connectivity index (χ1n) is 13.4. The number of nitrogens with zero attached hydrogens (tertiary/aromatic N) is 5. The molecule has 2 saturated heterocycles. The van der Waals surface area contributed by atoms with Crippen molar-refractivity contribution in [1.82, 2.24) is 14.5 Å². The summed E-state index contributed by atoms with van der Waals surface area (Å²) < 4.78 is 38.0. The van der Waals surface area contributed by atoms with Gasteiger partial charge >= 0.3 is 0 Å². The molecule has 2 aromatic carbocycles. The highest BCUT2D eigenvalue weighted by Gasteiger charge is 2.26. The maximum Gasteiger partial charge on any atom is 0.167 e. The molecule has 3 N–H and O–H groups in total. The number of methoxy groups -OCH3 is 1. The van der Waals surface area contributed by atoms with Gasteiger partial charge in [0.05, 0.1) is 23.2 Å². The maximum absolute atomic E-state index is 15.9. The van der Waals surface area contributed by atoms with Crippen LogP contribution in [-0.2, 0) is 4.74 Å². The summed E-state index contributed by atoms with van der Waals surface area (Å²) in [6.07, 6.45) is 4.70. The van der Waals surface area contributed by atoms with Crippen molar-refractivity contribution >= 4 is 28.2 Å². The summed E-state index contributed by atoms with van der Waals surface area (Å²) in [5, 5.41) is 2.85. The van der Waals surface area contributed by atoms with E-state index in [0.717, 1.165) is 43.7 Å². The number of nitrogens with one attached hydrogen (secondary N) is 1. The number of hydrogen-bond acceptors (Lipinski definition) is 7. The third-order valence-corrected chi connectivity index (χ3v) is 7.84. The van der Waals surface area contributed by atoms with Crippen LogP contribution >= 0.6 is 0 Å². The summed E-state index contributed by atoms with van der Waals surface area (Å²) in [4.78, 5) is 13.9. The molecule has 2 atom stereocenters. The molecule has 0 saturated carbocycles. The molecular weight excluding hydrogens is 500 g/mol. The first-order chi connectivity index (χ1) is 19.0. The highest BCUT2D eigenvalue weighted by molar-refractivity contribution is 5.91. The van der Waals surface area contributed by atoms with Gasteiger partial charge in [-0.25, -0.2) is 18.7 Å². The zero-order valence-corrected chi connectivity index (χ0v) is 22.2. The predicted molar refractivity (Wildman–Crippen MR) is 151 cm³/mol. The number of halogens is 2. The Morgan fingerprint density at radius 1 is 0.974 bits per heavy atom. The molecule has 0 unspecified atom stereocenters. The molecule has 0 amide bonds. The Balaban J connectivity index is 1.51. The van der Waals surface area contributed by atoms with Gasteiger partial charge in [0.1, 0.15) is 23.0 Å². The van der Waals surface area contributed by atoms with Gasteiger partial charge in [-0.3, -0.25) is 4.57 Å². The monoisotopic (exact) mass is 533 g/mol. The van der Waals surface area contributed by atoms with E-state index in [9.17, 15) is 4.39 Å². The normalized spacial score (nSPS) is 19.7. The van der Waals surface area contributed by atoms with E-state index in [1.54, 1.807) is 49.2 Å². The topological polar surface area (TPSA) is 84.5 Å². The van der Waals surface area contributed by atoms with E-state index < -0.39 is 11.6 Å². The van der Waals surface area contributed by atoms with Crippen LogP contribution in [0.25, 0.3) is 28.2 Å². The van der Waals surface area contributed by atoms with Gasteiger partial charge in [-0.15, -0.1) is 0 Å². The van der Waals surface area contributed by atoms with Gasteiger partial charge < -0.3 is 25.6 Å². The van der Waals surface area contributed by atoms with Crippen molar-refractivity contribution in [2.24, 2.45) is 5.73 Å². The molecule has 0 spiro atoms. The first-order valence-corrected chi connectivity index (χ1v) is 13.4. The summed E-state index contributed by atoms with van der Waals surface area (Å²) in [7, 11) is 3.37. The lowest BCUT2D eigenvalue weighted by atomic mass is 10.1. The summed E-state index contributed by atoms with van der Waals surface area (Å²) >= 11 is 0. The molecule has 2 aliphatic rings. The standard InChI is InChI=1S/C29H33F2N7O/c1-33-24-7-5-18(14-22(24)30)28-35-27-26(37-12-3-4-19(32)16-37)9-11-34-29(27)38(28)25-8-6-20(15-23(25)31)36-13-10-21(17-36)39-2/h5-9,11,14-15,19,21,33H,3-4,10,12-13,16-17,32H2,1-2H3/t19-,21-/m1/s1. The number of hydrogen-bond donors (Lipinski definition) is 2. The van der Waals surface area contributed by atoms with E-state index in [2.05, 4.69) is 20.1 Å². The molecule has 39 heavy (non-hydrogen) atoms. The van der Waals surface area contributed by atoms with Crippen LogP contribution < -0.4 is 20.9 Å². The highest BCUT2D eigenvalue weighted by atomic mass is 19.1. The van der Waals surface area contributed by atoms with Gasteiger partial charge in [-0.1, -0.05) is 0 Å². The molecular formula is C29H33F2N7O. The van der Waals surface area contributed by atoms with Gasteiger partial charge in [0.2, 0.25) is 0 Å². The number of aromatic nitrogens is 3. The van der Waals surface area contributed by atoms with Crippen molar-refractivity contribution < 1.29 is 13.5 Å². The molecule has 10 heteroatoms. The fourth-order valence-electron chi connectivity index (χ4n) is 5.75. The van der Waals surface area contributed by atoms with Crippen molar-refractivity contribution in [3.63, 3.8) is 0 Å². The van der Waals surface area contributed by atoms with Gasteiger partial charge in [0, 0.05) is 63.8 Å². The predicted octanol–water partition coefficient (Wildman–Crippen LogP) is 4.56. The average Bonchev–Trinajstić information content (AvgIpc) is 3.58. The molecule has 4 heterocycles. The van der Waals surface area contributed by atoms with Crippen LogP contribution in [0.2, 0.25) is 0 Å². The number of imidazole rings is 1. The fraction of sp³-hybridized carbons (Fsp3) is 0.379. The van der Waals surface area contributed by atoms with Crippen molar-refractivity contribution in [1.29, 1.82) is 0 Å². The van der Waals surface area contributed by atoms with Crippen molar-refractivity contribution in [3.05, 3.63) is 60.3 Å². The van der Waals surface area contributed by atoms with E-state index in [-0.39, 0.29) is 12.1 Å². The molecule has 4 aromatic rings. The largest absolute Gasteiger partial charge is 0.386 e. The van der Waals surface area contributed by atoms with Crippen LogP contribution in [0.3, 0.4) is 0 Å². The van der Waals surface area contributed by atoms with Crippen LogP contribution in [-0.4, -0.2) is 67.0 Å². The molecule has 2 aliphatic heterocycles. The minimum atomic E-state index is -0.415. The Labute approximate surface area is 226 Å². The van der Waals surface area contributed by atoms with Crippen LogP contribution in [0.4, 0.5) is 25.8 Å². The minimum absolute atomic E-state index is 0.0694. The van der Waals surface area contributed by atoms with Crippen molar-refractivity contribution in [2.75, 3.05) is 55.5 Å². The third kappa shape index (κ3) is 4.68. The van der Waals surface area contributed by atoms with Crippen LogP contribution in [0, 0.1) is 11.6 Å². The molecule has 2 aromatic heterocycles. The Bertz CT molecular complexity index is 1510. The van der Waals surface area contributed by atoms with E-state index in [4.69, 9.17) is 15.5 Å². The lowest BCUT2D eigenvalue weighted by Gasteiger charge is -2.32. The smallest absolute Gasteiger partial charge is 0.167 e. The number of nitrogens with two attached hydrogens (primary N) is 1. The van der Waals surface area contributed by atoms with E-state index in [1.165, 1.54) is 6.07 Å². The van der Waals surface area contributed by atoms with E-state index >= 15 is 4.39 Å². The number of benzene rings is 2. The van der Waals surface area contributed by atoms with Gasteiger partial charge in [0.15, 0.2) is 5.65 Å². The number of rotatable bonds is 6. The highest BCUT2D eigenvalue weighted by Crippen LogP contribution is 2.36. The average molecular weight is 534 g/mol. The second kappa shape index (κ2) is 10.4. The molecule has 0 bridgehead atoms. The Morgan fingerprint density at radius 2 is 1.85 bits per heavy atom. The van der Waals surface area contributed by atoms with Gasteiger partial charge in [0.25, 0.3) is 0 Å². The molecule has 2 fully saturated rings. The fourth-order valence-corrected chi connectivity index (χ4v) is 5.75. The SMILES string of the molecule is CNc1ccc(-c2nc3c(N4CCC[C@@H](N)C4)ccnc3n2-c2ccc(N3CC[C@@H](OC)C3)cc2F)cc1F. The minimum Gasteiger partial charge on any atom is -0.386 e. The zero-order valence-electron chi connectivity index (χ0n) is 22.2. The zero-order chi connectivity index (χ0) is 27.1. The number of ether oxygens (including phenoxy) is 1. The summed E-state index contributed by atoms with van der Waals surface area (Å²) in [5.41, 5.74) is 10.3. The second-order valence-electron chi connectivity index (χ2n) is 10.3. The summed E-state index contributed by atoms with van der Waals surface area (Å²) in [6, 6.07) is 12.0. The molecule has 8 nitrogen and oxygen atoms in total. The van der Waals surface area contributed by atoms with Crippen LogP contribution in [0.5, 0.6) is 0 Å². The summed E-state index contributed by atoms with van der Waals surface area (Å²) in [5.74, 6) is -0.408. The van der Waals surface area contributed by atoms with Crippen LogP contribution in [0.15, 0.2) is 48.7 Å². The van der Waals surface area contributed by atoms with E-state index in [0.29, 0.717) is 47.0 Å². The van der Waals surface area contributed by atoms with Gasteiger partial charge in [-0.05, 0) is 61.7 Å². The summed E-state index contributed by atoms with van der Waals surface area (Å²) in [6.45, 7) is 3.07. The lowest BCUT2D eigenvalue weighted by molar-refractivity contribution is 0.121. The second-order valence-corrected chi connectivity index (χ2v) is 10.3. The Hall–Kier alpha value is -3.76. The Morgan fingerprint density at radius 3 is 2.56 bits per heavy atom. The number of anilines is 3. The lowest BCUT2D eigenvalue weighted by Crippen LogP contribution is -2.42. The third-order valence-electron chi connectivity index (χ3n) is 7.84. The maximum atomic E-state index is 15.9. The van der Waals surface area contributed by atoms with Crippen molar-refractivity contribution in [3.8, 4) is 17.1 Å². The number of fused-ring (bicyclic) bond motifs is 1. The number of pyridine rings is 1.